The van der Waals surface area contributed by atoms with E-state index in [-0.39, 0.29) is 23.1 Å². The van der Waals surface area contributed by atoms with Crippen LogP contribution in [0.1, 0.15) is 21.6 Å². The standard InChI is InChI=1S/C19H15ClFN3O3/c1-10-3-2-4-12(7-10)17-23-15(16(25)19(27)24-17)18(26)22-9-11-5-6-14(21)13(20)8-11/h2-8,25H,9H2,1H3,(H,22,26)(H,23,24,27). The number of nitrogens with zero attached hydrogens (tertiary/aromatic N) is 2. The summed E-state index contributed by atoms with van der Waals surface area (Å²) in [7, 11) is 0. The van der Waals surface area contributed by atoms with E-state index < -0.39 is 23.4 Å². The Labute approximate surface area is 159 Å². The molecule has 0 fully saturated rings. The highest BCUT2D eigenvalue weighted by Gasteiger charge is 2.20. The summed E-state index contributed by atoms with van der Waals surface area (Å²) in [4.78, 5) is 20.3. The number of carbonyl (C=O) groups is 1. The number of aromatic nitrogens is 2. The molecule has 0 aliphatic rings. The van der Waals surface area contributed by atoms with E-state index in [1.165, 1.54) is 18.2 Å². The third kappa shape index (κ3) is 4.15. The van der Waals surface area contributed by atoms with Crippen LogP contribution in [-0.4, -0.2) is 26.1 Å². The van der Waals surface area contributed by atoms with E-state index >= 15 is 0 Å². The summed E-state index contributed by atoms with van der Waals surface area (Å²) in [6.07, 6.45) is 0. The van der Waals surface area contributed by atoms with Crippen molar-refractivity contribution in [2.24, 2.45) is 0 Å². The number of hydrogen-bond donors (Lipinski definition) is 3. The SMILES string of the molecule is Cc1cccc(-c2nc(O)c(O)c(C(=O)NCc3ccc(F)c(Cl)c3)n2)c1. The molecule has 27 heavy (non-hydrogen) atoms. The van der Waals surface area contributed by atoms with Gasteiger partial charge < -0.3 is 15.5 Å². The minimum atomic E-state index is -0.723. The van der Waals surface area contributed by atoms with Gasteiger partial charge in [0.05, 0.1) is 5.02 Å². The number of aryl methyl sites for hydroxylation is 1. The fraction of sp³-hybridized carbons (Fsp3) is 0.105. The van der Waals surface area contributed by atoms with Crippen molar-refractivity contribution in [2.45, 2.75) is 13.5 Å². The molecule has 3 aromatic rings. The van der Waals surface area contributed by atoms with E-state index in [4.69, 9.17) is 11.6 Å². The van der Waals surface area contributed by atoms with Crippen molar-refractivity contribution < 1.29 is 19.4 Å². The van der Waals surface area contributed by atoms with Crippen LogP contribution >= 0.6 is 11.6 Å². The third-order valence-electron chi connectivity index (χ3n) is 3.79. The normalized spacial score (nSPS) is 10.6. The Morgan fingerprint density at radius 1 is 1.19 bits per heavy atom. The second-order valence-electron chi connectivity index (χ2n) is 5.87. The first-order valence-electron chi connectivity index (χ1n) is 7.94. The average molecular weight is 388 g/mol. The maximum Gasteiger partial charge on any atom is 0.274 e. The molecule has 1 amide bonds. The molecular formula is C19H15ClFN3O3. The lowest BCUT2D eigenvalue weighted by atomic mass is 10.1. The predicted molar refractivity (Wildman–Crippen MR) is 98.1 cm³/mol. The summed E-state index contributed by atoms with van der Waals surface area (Å²) in [5, 5.41) is 22.3. The first-order valence-corrected chi connectivity index (χ1v) is 8.32. The number of halogens is 2. The molecule has 0 saturated carbocycles. The number of amides is 1. The monoisotopic (exact) mass is 387 g/mol. The largest absolute Gasteiger partial charge is 0.501 e. The summed E-state index contributed by atoms with van der Waals surface area (Å²) in [6, 6.07) is 11.2. The van der Waals surface area contributed by atoms with E-state index in [2.05, 4.69) is 15.3 Å². The highest BCUT2D eigenvalue weighted by molar-refractivity contribution is 6.30. The quantitative estimate of drug-likeness (QED) is 0.636. The lowest BCUT2D eigenvalue weighted by molar-refractivity contribution is 0.0942. The molecule has 1 aromatic heterocycles. The van der Waals surface area contributed by atoms with Crippen LogP contribution in [0.4, 0.5) is 4.39 Å². The molecule has 2 aromatic carbocycles. The van der Waals surface area contributed by atoms with Crippen LogP contribution in [-0.2, 0) is 6.54 Å². The van der Waals surface area contributed by atoms with Gasteiger partial charge in [0.25, 0.3) is 11.8 Å². The van der Waals surface area contributed by atoms with Crippen LogP contribution in [0.2, 0.25) is 5.02 Å². The number of aromatic hydroxyl groups is 2. The molecule has 1 heterocycles. The number of nitrogens with one attached hydrogen (secondary N) is 1. The molecule has 0 saturated heterocycles. The molecule has 0 atom stereocenters. The van der Waals surface area contributed by atoms with Gasteiger partial charge >= 0.3 is 0 Å². The summed E-state index contributed by atoms with van der Waals surface area (Å²) >= 11 is 5.71. The third-order valence-corrected chi connectivity index (χ3v) is 4.08. The number of hydrogen-bond acceptors (Lipinski definition) is 5. The number of carbonyl (C=O) groups excluding carboxylic acids is 1. The maximum absolute atomic E-state index is 13.2. The summed E-state index contributed by atoms with van der Waals surface area (Å²) in [5.74, 6) is -2.60. The first-order chi connectivity index (χ1) is 12.8. The predicted octanol–water partition coefficient (Wildman–Crippen LogP) is 3.59. The molecule has 3 rings (SSSR count). The van der Waals surface area contributed by atoms with Crippen molar-refractivity contribution in [1.29, 1.82) is 0 Å². The molecule has 8 heteroatoms. The Bertz CT molecular complexity index is 1030. The Kier molecular flexibility index (Phi) is 5.23. The van der Waals surface area contributed by atoms with Gasteiger partial charge in [0.2, 0.25) is 5.75 Å². The van der Waals surface area contributed by atoms with Crippen LogP contribution < -0.4 is 5.32 Å². The van der Waals surface area contributed by atoms with Crippen molar-refractivity contribution in [3.8, 4) is 23.0 Å². The lowest BCUT2D eigenvalue weighted by Crippen LogP contribution is -2.24. The highest BCUT2D eigenvalue weighted by Crippen LogP contribution is 2.29. The topological polar surface area (TPSA) is 95.3 Å². The van der Waals surface area contributed by atoms with E-state index in [0.29, 0.717) is 11.1 Å². The van der Waals surface area contributed by atoms with Gasteiger partial charge in [-0.25, -0.2) is 9.37 Å². The van der Waals surface area contributed by atoms with Crippen molar-refractivity contribution in [3.05, 3.63) is 70.1 Å². The summed E-state index contributed by atoms with van der Waals surface area (Å²) < 4.78 is 13.2. The second kappa shape index (κ2) is 7.59. The van der Waals surface area contributed by atoms with E-state index in [0.717, 1.165) is 5.56 Å². The van der Waals surface area contributed by atoms with Gasteiger partial charge in [-0.05, 0) is 30.7 Å². The Balaban J connectivity index is 1.86. The fourth-order valence-corrected chi connectivity index (χ4v) is 2.63. The van der Waals surface area contributed by atoms with E-state index in [9.17, 15) is 19.4 Å². The smallest absolute Gasteiger partial charge is 0.274 e. The minimum Gasteiger partial charge on any atom is -0.501 e. The summed E-state index contributed by atoms with van der Waals surface area (Å²) in [5.41, 5.74) is 1.73. The molecule has 0 aliphatic heterocycles. The van der Waals surface area contributed by atoms with Crippen LogP contribution in [0.5, 0.6) is 11.6 Å². The van der Waals surface area contributed by atoms with Gasteiger partial charge in [0, 0.05) is 12.1 Å². The van der Waals surface area contributed by atoms with E-state index in [1.807, 2.05) is 13.0 Å². The Hall–Kier alpha value is -3.19. The lowest BCUT2D eigenvalue weighted by Gasteiger charge is -2.10. The van der Waals surface area contributed by atoms with Crippen molar-refractivity contribution in [3.63, 3.8) is 0 Å². The van der Waals surface area contributed by atoms with Crippen LogP contribution in [0, 0.1) is 12.7 Å². The van der Waals surface area contributed by atoms with Crippen LogP contribution in [0.3, 0.4) is 0 Å². The molecule has 0 radical (unpaired) electrons. The fourth-order valence-electron chi connectivity index (χ4n) is 2.43. The zero-order valence-electron chi connectivity index (χ0n) is 14.2. The average Bonchev–Trinajstić information content (AvgIpc) is 2.64. The molecule has 0 unspecified atom stereocenters. The summed E-state index contributed by atoms with van der Waals surface area (Å²) in [6.45, 7) is 1.91. The van der Waals surface area contributed by atoms with Crippen molar-refractivity contribution >= 4 is 17.5 Å². The molecule has 0 aliphatic carbocycles. The van der Waals surface area contributed by atoms with Gasteiger partial charge in [-0.2, -0.15) is 4.98 Å². The zero-order chi connectivity index (χ0) is 19.6. The molecule has 0 bridgehead atoms. The van der Waals surface area contributed by atoms with E-state index in [1.54, 1.807) is 18.2 Å². The first kappa shape index (κ1) is 18.6. The molecule has 3 N–H and O–H groups in total. The van der Waals surface area contributed by atoms with Gasteiger partial charge in [-0.1, -0.05) is 41.4 Å². The second-order valence-corrected chi connectivity index (χ2v) is 6.28. The van der Waals surface area contributed by atoms with Gasteiger partial charge in [0.1, 0.15) is 5.82 Å². The maximum atomic E-state index is 13.2. The Morgan fingerprint density at radius 2 is 1.96 bits per heavy atom. The Morgan fingerprint density at radius 3 is 2.67 bits per heavy atom. The van der Waals surface area contributed by atoms with Crippen LogP contribution in [0.25, 0.3) is 11.4 Å². The molecule has 138 valence electrons. The van der Waals surface area contributed by atoms with Gasteiger partial charge in [-0.15, -0.1) is 0 Å². The van der Waals surface area contributed by atoms with Crippen molar-refractivity contribution in [2.75, 3.05) is 0 Å². The van der Waals surface area contributed by atoms with Crippen molar-refractivity contribution in [1.82, 2.24) is 15.3 Å². The van der Waals surface area contributed by atoms with Gasteiger partial charge in [-0.3, -0.25) is 4.79 Å². The minimum absolute atomic E-state index is 0.0306. The number of benzene rings is 2. The zero-order valence-corrected chi connectivity index (χ0v) is 15.0. The molecule has 0 spiro atoms. The number of rotatable bonds is 4. The highest BCUT2D eigenvalue weighted by atomic mass is 35.5. The van der Waals surface area contributed by atoms with Crippen LogP contribution in [0.15, 0.2) is 42.5 Å². The molecular weight excluding hydrogens is 373 g/mol. The molecule has 6 nitrogen and oxygen atoms in total. The van der Waals surface area contributed by atoms with Gasteiger partial charge in [0.15, 0.2) is 11.5 Å².